The van der Waals surface area contributed by atoms with Crippen molar-refractivity contribution in [3.8, 4) is 10.4 Å². The maximum atomic E-state index is 12.4. The molecule has 1 amide bonds. The van der Waals surface area contributed by atoms with Gasteiger partial charge in [0.15, 0.2) is 0 Å². The van der Waals surface area contributed by atoms with Crippen LogP contribution in [-0.2, 0) is 15.0 Å². The van der Waals surface area contributed by atoms with Crippen LogP contribution in [0, 0.1) is 0 Å². The van der Waals surface area contributed by atoms with E-state index in [1.165, 1.54) is 22.7 Å². The van der Waals surface area contributed by atoms with Gasteiger partial charge < -0.3 is 4.90 Å². The first-order valence-corrected chi connectivity index (χ1v) is 11.4. The Labute approximate surface area is 174 Å². The first-order chi connectivity index (χ1) is 13.3. The van der Waals surface area contributed by atoms with Gasteiger partial charge >= 0.3 is 0 Å². The van der Waals surface area contributed by atoms with Crippen LogP contribution in [-0.4, -0.2) is 68.1 Å². The highest BCUT2D eigenvalue weighted by Crippen LogP contribution is 2.29. The van der Waals surface area contributed by atoms with Crippen molar-refractivity contribution in [2.24, 2.45) is 0 Å². The van der Waals surface area contributed by atoms with Crippen LogP contribution in [0.1, 0.15) is 4.88 Å². The van der Waals surface area contributed by atoms with Gasteiger partial charge in [0.2, 0.25) is 5.91 Å². The molecule has 1 aliphatic heterocycles. The zero-order chi connectivity index (χ0) is 20.3. The van der Waals surface area contributed by atoms with Crippen molar-refractivity contribution >= 4 is 45.1 Å². The number of thiophene rings is 1. The van der Waals surface area contributed by atoms with Gasteiger partial charge in [-0.05, 0) is 35.9 Å². The number of carbonyl (C=O) groups is 1. The molecular formula is C19H22ClN3O3S2. The van der Waals surface area contributed by atoms with Crippen molar-refractivity contribution in [3.05, 3.63) is 52.4 Å². The fraction of sp³-hybridized carbons (Fsp3) is 0.316. The monoisotopic (exact) mass is 439 g/mol. The Morgan fingerprint density at radius 3 is 2.32 bits per heavy atom. The number of halogens is 1. The smallest absolute Gasteiger partial charge is 0.281 e. The molecule has 1 aromatic heterocycles. The SMILES string of the molecule is CN(C)S(=O)(=O)N1CCN(C(=O)/C=C/c2ccc(-c3ccc(Cl)cc3)s2)CC1. The molecule has 2 heterocycles. The Bertz CT molecular complexity index is 961. The molecule has 1 aromatic carbocycles. The van der Waals surface area contributed by atoms with Crippen LogP contribution < -0.4 is 0 Å². The molecule has 0 atom stereocenters. The summed E-state index contributed by atoms with van der Waals surface area (Å²) in [5.74, 6) is -0.108. The van der Waals surface area contributed by atoms with Crippen LogP contribution in [0.3, 0.4) is 0 Å². The number of piperazine rings is 1. The lowest BCUT2D eigenvalue weighted by Crippen LogP contribution is -2.52. The minimum absolute atomic E-state index is 0.108. The zero-order valence-electron chi connectivity index (χ0n) is 15.7. The van der Waals surface area contributed by atoms with Gasteiger partial charge in [-0.1, -0.05) is 23.7 Å². The van der Waals surface area contributed by atoms with E-state index in [9.17, 15) is 13.2 Å². The maximum absolute atomic E-state index is 12.4. The van der Waals surface area contributed by atoms with Crippen molar-refractivity contribution in [3.63, 3.8) is 0 Å². The molecule has 0 saturated carbocycles. The highest BCUT2D eigenvalue weighted by molar-refractivity contribution is 7.86. The molecule has 1 saturated heterocycles. The number of benzene rings is 1. The second kappa shape index (κ2) is 8.75. The molecule has 1 aliphatic rings. The minimum Gasteiger partial charge on any atom is -0.337 e. The molecule has 2 aromatic rings. The molecule has 0 aliphatic carbocycles. The molecule has 0 N–H and O–H groups in total. The van der Waals surface area contributed by atoms with E-state index in [2.05, 4.69) is 0 Å². The van der Waals surface area contributed by atoms with Crippen molar-refractivity contribution in [1.29, 1.82) is 0 Å². The lowest BCUT2D eigenvalue weighted by atomic mass is 10.2. The fourth-order valence-corrected chi connectivity index (χ4v) is 4.97. The van der Waals surface area contributed by atoms with Crippen molar-refractivity contribution < 1.29 is 13.2 Å². The molecule has 6 nitrogen and oxygen atoms in total. The first-order valence-electron chi connectivity index (χ1n) is 8.78. The zero-order valence-corrected chi connectivity index (χ0v) is 18.1. The van der Waals surface area contributed by atoms with E-state index < -0.39 is 10.2 Å². The fourth-order valence-electron chi connectivity index (χ4n) is 2.84. The summed E-state index contributed by atoms with van der Waals surface area (Å²) in [7, 11) is -0.409. The van der Waals surface area contributed by atoms with Gasteiger partial charge in [-0.15, -0.1) is 11.3 Å². The third-order valence-corrected chi connectivity index (χ3v) is 7.78. The van der Waals surface area contributed by atoms with Crippen LogP contribution in [0.25, 0.3) is 16.5 Å². The van der Waals surface area contributed by atoms with Crippen LogP contribution in [0.15, 0.2) is 42.5 Å². The van der Waals surface area contributed by atoms with E-state index in [1.54, 1.807) is 28.4 Å². The summed E-state index contributed by atoms with van der Waals surface area (Å²) in [6.45, 7) is 1.38. The van der Waals surface area contributed by atoms with Gasteiger partial charge in [-0.2, -0.15) is 17.0 Å². The molecule has 9 heteroatoms. The van der Waals surface area contributed by atoms with Crippen LogP contribution in [0.5, 0.6) is 0 Å². The molecule has 0 unspecified atom stereocenters. The Hall–Kier alpha value is -1.71. The molecule has 0 spiro atoms. The van der Waals surface area contributed by atoms with Crippen molar-refractivity contribution in [2.75, 3.05) is 40.3 Å². The van der Waals surface area contributed by atoms with Gasteiger partial charge in [0.05, 0.1) is 0 Å². The quantitative estimate of drug-likeness (QED) is 0.673. The second-order valence-electron chi connectivity index (χ2n) is 6.56. The van der Waals surface area contributed by atoms with Crippen LogP contribution in [0.2, 0.25) is 5.02 Å². The number of hydrogen-bond acceptors (Lipinski definition) is 4. The third-order valence-electron chi connectivity index (χ3n) is 4.48. The van der Waals surface area contributed by atoms with E-state index in [0.29, 0.717) is 31.2 Å². The molecule has 1 fully saturated rings. The Balaban J connectivity index is 1.58. The van der Waals surface area contributed by atoms with Crippen molar-refractivity contribution in [2.45, 2.75) is 0 Å². The standard InChI is InChI=1S/C19H22ClN3O3S2/c1-21(2)28(25,26)23-13-11-22(12-14-23)19(24)10-8-17-7-9-18(27-17)15-3-5-16(20)6-4-15/h3-10H,11-14H2,1-2H3/b10-8+. The topological polar surface area (TPSA) is 60.9 Å². The molecular weight excluding hydrogens is 418 g/mol. The van der Waals surface area contributed by atoms with Crippen molar-refractivity contribution in [1.82, 2.24) is 13.5 Å². The summed E-state index contributed by atoms with van der Waals surface area (Å²) in [5.41, 5.74) is 1.08. The highest BCUT2D eigenvalue weighted by Gasteiger charge is 2.29. The number of nitrogens with zero attached hydrogens (tertiary/aromatic N) is 3. The van der Waals surface area contributed by atoms with Gasteiger partial charge in [-0.3, -0.25) is 4.79 Å². The predicted octanol–water partition coefficient (Wildman–Crippen LogP) is 3.03. The van der Waals surface area contributed by atoms with Gasteiger partial charge in [0.25, 0.3) is 10.2 Å². The van der Waals surface area contributed by atoms with Crippen LogP contribution >= 0.6 is 22.9 Å². The summed E-state index contributed by atoms with van der Waals surface area (Å²) < 4.78 is 26.9. The minimum atomic E-state index is -3.43. The Kier molecular flexibility index (Phi) is 6.57. The van der Waals surface area contributed by atoms with E-state index in [-0.39, 0.29) is 5.91 Å². The maximum Gasteiger partial charge on any atom is 0.281 e. The highest BCUT2D eigenvalue weighted by atomic mass is 35.5. The molecule has 28 heavy (non-hydrogen) atoms. The number of amides is 1. The molecule has 0 bridgehead atoms. The Morgan fingerprint density at radius 2 is 1.71 bits per heavy atom. The third kappa shape index (κ3) is 4.82. The van der Waals surface area contributed by atoms with E-state index >= 15 is 0 Å². The normalized spacial score (nSPS) is 16.2. The summed E-state index contributed by atoms with van der Waals surface area (Å²) in [6, 6.07) is 11.6. The Morgan fingerprint density at radius 1 is 1.07 bits per heavy atom. The summed E-state index contributed by atoms with van der Waals surface area (Å²) >= 11 is 7.52. The summed E-state index contributed by atoms with van der Waals surface area (Å²) in [6.07, 6.45) is 3.35. The number of carbonyl (C=O) groups excluding carboxylic acids is 1. The molecule has 3 rings (SSSR count). The number of rotatable bonds is 5. The van der Waals surface area contributed by atoms with E-state index in [0.717, 1.165) is 15.3 Å². The van der Waals surface area contributed by atoms with Gasteiger partial charge in [0, 0.05) is 61.1 Å². The average Bonchev–Trinajstić information content (AvgIpc) is 3.15. The summed E-state index contributed by atoms with van der Waals surface area (Å²) in [5, 5.41) is 0.699. The average molecular weight is 440 g/mol. The second-order valence-corrected chi connectivity index (χ2v) is 10.3. The molecule has 0 radical (unpaired) electrons. The first kappa shape index (κ1) is 21.0. The predicted molar refractivity (Wildman–Crippen MR) is 115 cm³/mol. The lowest BCUT2D eigenvalue weighted by molar-refractivity contribution is -0.127. The van der Waals surface area contributed by atoms with E-state index in [4.69, 9.17) is 11.6 Å². The van der Waals surface area contributed by atoms with E-state index in [1.807, 2.05) is 36.4 Å². The lowest BCUT2D eigenvalue weighted by Gasteiger charge is -2.34. The van der Waals surface area contributed by atoms with Crippen LogP contribution in [0.4, 0.5) is 0 Å². The molecule has 150 valence electrons. The number of hydrogen-bond donors (Lipinski definition) is 0. The van der Waals surface area contributed by atoms with Gasteiger partial charge in [0.1, 0.15) is 0 Å². The summed E-state index contributed by atoms with van der Waals surface area (Å²) in [4.78, 5) is 16.2. The largest absolute Gasteiger partial charge is 0.337 e. The van der Waals surface area contributed by atoms with Gasteiger partial charge in [-0.25, -0.2) is 0 Å².